The Bertz CT molecular complexity index is 874. The number of carbonyl (C=O) groups is 2. The van der Waals surface area contributed by atoms with Gasteiger partial charge in [-0.1, -0.05) is 0 Å². The predicted molar refractivity (Wildman–Crippen MR) is 92.2 cm³/mol. The van der Waals surface area contributed by atoms with Crippen molar-refractivity contribution in [2.75, 3.05) is 16.0 Å². The highest BCUT2D eigenvalue weighted by molar-refractivity contribution is 6.06. The number of alkyl halides is 3. The minimum Gasteiger partial charge on any atom is -0.325 e. The van der Waals surface area contributed by atoms with Crippen LogP contribution in [0.5, 0.6) is 0 Å². The lowest BCUT2D eigenvalue weighted by molar-refractivity contribution is -0.137. The Morgan fingerprint density at radius 1 is 1.00 bits per heavy atom. The first kappa shape index (κ1) is 17.8. The quantitative estimate of drug-likeness (QED) is 0.731. The van der Waals surface area contributed by atoms with E-state index >= 15 is 0 Å². The van der Waals surface area contributed by atoms with Crippen LogP contribution in [0.1, 0.15) is 25.0 Å². The van der Waals surface area contributed by atoms with Gasteiger partial charge in [0.1, 0.15) is 0 Å². The van der Waals surface area contributed by atoms with Gasteiger partial charge in [-0.3, -0.25) is 4.79 Å². The lowest BCUT2D eigenvalue weighted by Gasteiger charge is -2.16. The molecule has 0 aliphatic carbocycles. The number of fused-ring (bicyclic) bond motifs is 1. The van der Waals surface area contributed by atoms with E-state index in [9.17, 15) is 22.8 Å². The molecule has 3 rings (SSSR count). The van der Waals surface area contributed by atoms with Crippen LogP contribution in [0.2, 0.25) is 0 Å². The zero-order valence-corrected chi connectivity index (χ0v) is 14.0. The molecule has 0 atom stereocenters. The third-order valence-electron chi connectivity index (χ3n) is 4.24. The highest BCUT2D eigenvalue weighted by atomic mass is 19.4. The summed E-state index contributed by atoms with van der Waals surface area (Å²) in [5.74, 6) is -0.126. The van der Waals surface area contributed by atoms with Crippen molar-refractivity contribution in [3.8, 4) is 0 Å². The molecular weight excluding hydrogens is 347 g/mol. The van der Waals surface area contributed by atoms with Gasteiger partial charge in [-0.05, 0) is 61.9 Å². The van der Waals surface area contributed by atoms with Crippen LogP contribution in [0, 0.1) is 0 Å². The molecule has 1 heterocycles. The van der Waals surface area contributed by atoms with E-state index in [4.69, 9.17) is 0 Å². The van der Waals surface area contributed by atoms with Gasteiger partial charge < -0.3 is 16.0 Å². The van der Waals surface area contributed by atoms with E-state index in [0.717, 1.165) is 17.7 Å². The maximum atomic E-state index is 12.5. The number of nitrogens with one attached hydrogen (secondary N) is 3. The summed E-state index contributed by atoms with van der Waals surface area (Å²) in [6, 6.07) is 8.56. The fourth-order valence-electron chi connectivity index (χ4n) is 2.68. The van der Waals surface area contributed by atoms with E-state index in [1.165, 1.54) is 12.1 Å². The van der Waals surface area contributed by atoms with Gasteiger partial charge in [0.25, 0.3) is 0 Å². The summed E-state index contributed by atoms with van der Waals surface area (Å²) in [5.41, 5.74) is 0.647. The molecule has 0 radical (unpaired) electrons. The van der Waals surface area contributed by atoms with Crippen LogP contribution < -0.4 is 16.0 Å². The standard InChI is InChI=1S/C18H16F3N3O2/c1-17(2)13-9-12(7-8-14(13)24-15(17)25)23-16(26)22-11-5-3-10(4-6-11)18(19,20)21/h3-9H,1-2H3,(H,24,25)(H2,22,23,26). The van der Waals surface area contributed by atoms with Gasteiger partial charge in [0.2, 0.25) is 5.91 Å². The highest BCUT2D eigenvalue weighted by Gasteiger charge is 2.38. The zero-order chi connectivity index (χ0) is 19.1. The maximum absolute atomic E-state index is 12.5. The summed E-state index contributed by atoms with van der Waals surface area (Å²) in [6.45, 7) is 3.56. The Labute approximate surface area is 147 Å². The number of benzene rings is 2. The molecule has 0 unspecified atom stereocenters. The molecule has 1 aliphatic heterocycles. The molecule has 3 N–H and O–H groups in total. The normalized spacial score (nSPS) is 15.2. The van der Waals surface area contributed by atoms with Crippen LogP contribution >= 0.6 is 0 Å². The molecule has 0 bridgehead atoms. The number of amides is 3. The second-order valence-corrected chi connectivity index (χ2v) is 6.49. The molecule has 2 aromatic rings. The van der Waals surface area contributed by atoms with E-state index < -0.39 is 23.2 Å². The van der Waals surface area contributed by atoms with Crippen molar-refractivity contribution in [1.82, 2.24) is 0 Å². The SMILES string of the molecule is CC1(C)C(=O)Nc2ccc(NC(=O)Nc3ccc(C(F)(F)F)cc3)cc21. The summed E-state index contributed by atoms with van der Waals surface area (Å²) in [7, 11) is 0. The maximum Gasteiger partial charge on any atom is 0.416 e. The third-order valence-corrected chi connectivity index (χ3v) is 4.24. The van der Waals surface area contributed by atoms with Gasteiger partial charge in [-0.25, -0.2) is 4.79 Å². The Balaban J connectivity index is 1.70. The van der Waals surface area contributed by atoms with Crippen molar-refractivity contribution < 1.29 is 22.8 Å². The van der Waals surface area contributed by atoms with Crippen LogP contribution in [0.3, 0.4) is 0 Å². The third kappa shape index (κ3) is 3.35. The number of halogens is 3. The first-order chi connectivity index (χ1) is 12.1. The molecule has 26 heavy (non-hydrogen) atoms. The topological polar surface area (TPSA) is 70.2 Å². The molecule has 8 heteroatoms. The van der Waals surface area contributed by atoms with Crippen molar-refractivity contribution >= 4 is 29.0 Å². The smallest absolute Gasteiger partial charge is 0.325 e. The molecular formula is C18H16F3N3O2. The molecule has 0 fully saturated rings. The van der Waals surface area contributed by atoms with Crippen molar-refractivity contribution in [3.05, 3.63) is 53.6 Å². The average Bonchev–Trinajstić information content (AvgIpc) is 2.77. The molecule has 1 aliphatic rings. The number of carbonyl (C=O) groups excluding carboxylic acids is 2. The molecule has 2 aromatic carbocycles. The van der Waals surface area contributed by atoms with Gasteiger partial charge >= 0.3 is 12.2 Å². The van der Waals surface area contributed by atoms with Crippen molar-refractivity contribution in [1.29, 1.82) is 0 Å². The van der Waals surface area contributed by atoms with Crippen LogP contribution in [0.25, 0.3) is 0 Å². The molecule has 0 saturated heterocycles. The van der Waals surface area contributed by atoms with Crippen molar-refractivity contribution in [2.45, 2.75) is 25.4 Å². The van der Waals surface area contributed by atoms with Crippen molar-refractivity contribution in [2.24, 2.45) is 0 Å². The van der Waals surface area contributed by atoms with Gasteiger partial charge in [-0.2, -0.15) is 13.2 Å². The monoisotopic (exact) mass is 363 g/mol. The Morgan fingerprint density at radius 3 is 2.19 bits per heavy atom. The first-order valence-electron chi connectivity index (χ1n) is 7.78. The molecule has 3 amide bonds. The first-order valence-corrected chi connectivity index (χ1v) is 7.78. The molecule has 0 saturated carbocycles. The van der Waals surface area contributed by atoms with Crippen LogP contribution in [-0.4, -0.2) is 11.9 Å². The van der Waals surface area contributed by atoms with Gasteiger partial charge in [0.05, 0.1) is 11.0 Å². The summed E-state index contributed by atoms with van der Waals surface area (Å²) in [5, 5.41) is 7.84. The van der Waals surface area contributed by atoms with E-state index in [1.807, 2.05) is 0 Å². The van der Waals surface area contributed by atoms with E-state index in [0.29, 0.717) is 11.4 Å². The molecule has 136 valence electrons. The second-order valence-electron chi connectivity index (χ2n) is 6.49. The van der Waals surface area contributed by atoms with Gasteiger partial charge in [0, 0.05) is 17.1 Å². The Hall–Kier alpha value is -3.03. The average molecular weight is 363 g/mol. The fraction of sp³-hybridized carbons (Fsp3) is 0.222. The zero-order valence-electron chi connectivity index (χ0n) is 14.0. The predicted octanol–water partition coefficient (Wildman–Crippen LogP) is 4.58. The lowest BCUT2D eigenvalue weighted by atomic mass is 9.86. The van der Waals surface area contributed by atoms with E-state index in [-0.39, 0.29) is 11.6 Å². The molecule has 0 spiro atoms. The minimum atomic E-state index is -4.43. The summed E-state index contributed by atoms with van der Waals surface area (Å²) < 4.78 is 37.6. The summed E-state index contributed by atoms with van der Waals surface area (Å²) >= 11 is 0. The number of anilines is 3. The van der Waals surface area contributed by atoms with Crippen LogP contribution in [0.4, 0.5) is 35.0 Å². The lowest BCUT2D eigenvalue weighted by Crippen LogP contribution is -2.27. The van der Waals surface area contributed by atoms with Gasteiger partial charge in [-0.15, -0.1) is 0 Å². The largest absolute Gasteiger partial charge is 0.416 e. The number of hydrogen-bond acceptors (Lipinski definition) is 2. The second kappa shape index (κ2) is 6.05. The molecule has 5 nitrogen and oxygen atoms in total. The Kier molecular flexibility index (Phi) is 4.14. The Morgan fingerprint density at radius 2 is 1.58 bits per heavy atom. The van der Waals surface area contributed by atoms with Gasteiger partial charge in [0.15, 0.2) is 0 Å². The minimum absolute atomic E-state index is 0.126. The van der Waals surface area contributed by atoms with E-state index in [1.54, 1.807) is 32.0 Å². The van der Waals surface area contributed by atoms with Crippen molar-refractivity contribution in [3.63, 3.8) is 0 Å². The number of rotatable bonds is 2. The summed E-state index contributed by atoms with van der Waals surface area (Å²) in [6.07, 6.45) is -4.43. The number of hydrogen-bond donors (Lipinski definition) is 3. The number of urea groups is 1. The van der Waals surface area contributed by atoms with Crippen LogP contribution in [-0.2, 0) is 16.4 Å². The van der Waals surface area contributed by atoms with Crippen LogP contribution in [0.15, 0.2) is 42.5 Å². The highest BCUT2D eigenvalue weighted by Crippen LogP contribution is 2.38. The summed E-state index contributed by atoms with van der Waals surface area (Å²) in [4.78, 5) is 24.0. The fourth-order valence-corrected chi connectivity index (χ4v) is 2.68. The van der Waals surface area contributed by atoms with E-state index in [2.05, 4.69) is 16.0 Å². The molecule has 0 aromatic heterocycles.